The van der Waals surface area contributed by atoms with E-state index in [2.05, 4.69) is 12.1 Å². The molecule has 0 saturated heterocycles. The molecule has 2 nitrogen and oxygen atoms in total. The van der Waals surface area contributed by atoms with Crippen molar-refractivity contribution in [2.24, 2.45) is 0 Å². The Kier molecular flexibility index (Phi) is 4.19. The molecule has 0 aliphatic rings. The molecule has 0 spiro atoms. The van der Waals surface area contributed by atoms with Gasteiger partial charge in [-0.3, -0.25) is 9.69 Å². The van der Waals surface area contributed by atoms with Crippen molar-refractivity contribution in [3.63, 3.8) is 0 Å². The summed E-state index contributed by atoms with van der Waals surface area (Å²) in [6, 6.07) is 10.3. The van der Waals surface area contributed by atoms with E-state index in [-0.39, 0.29) is 0 Å². The SMILES string of the molecule is CN(C[C]=O)CCc1ccccc1. The predicted molar refractivity (Wildman–Crippen MR) is 53.3 cm³/mol. The fourth-order valence-electron chi connectivity index (χ4n) is 1.15. The molecule has 69 valence electrons. The van der Waals surface area contributed by atoms with Crippen LogP contribution in [0.5, 0.6) is 0 Å². The van der Waals surface area contributed by atoms with E-state index in [1.807, 2.05) is 36.4 Å². The van der Waals surface area contributed by atoms with Crippen LogP contribution in [-0.2, 0) is 11.2 Å². The van der Waals surface area contributed by atoms with Gasteiger partial charge in [-0.15, -0.1) is 0 Å². The van der Waals surface area contributed by atoms with Crippen molar-refractivity contribution in [1.82, 2.24) is 4.90 Å². The van der Waals surface area contributed by atoms with E-state index >= 15 is 0 Å². The highest BCUT2D eigenvalue weighted by Gasteiger charge is 1.97. The Balaban J connectivity index is 2.30. The largest absolute Gasteiger partial charge is 0.298 e. The monoisotopic (exact) mass is 176 g/mol. The fourth-order valence-corrected chi connectivity index (χ4v) is 1.15. The summed E-state index contributed by atoms with van der Waals surface area (Å²) in [6.07, 6.45) is 2.86. The van der Waals surface area contributed by atoms with E-state index in [4.69, 9.17) is 0 Å². The first-order valence-electron chi connectivity index (χ1n) is 4.40. The molecule has 1 rings (SSSR count). The summed E-state index contributed by atoms with van der Waals surface area (Å²) < 4.78 is 0. The Morgan fingerprint density at radius 2 is 2.00 bits per heavy atom. The van der Waals surface area contributed by atoms with E-state index in [0.29, 0.717) is 6.54 Å². The molecular weight excluding hydrogens is 162 g/mol. The Morgan fingerprint density at radius 1 is 1.31 bits per heavy atom. The molecule has 1 radical (unpaired) electrons. The molecule has 0 aromatic heterocycles. The minimum absolute atomic E-state index is 0.396. The number of hydrogen-bond donors (Lipinski definition) is 0. The second-order valence-electron chi connectivity index (χ2n) is 3.12. The van der Waals surface area contributed by atoms with E-state index in [0.717, 1.165) is 13.0 Å². The van der Waals surface area contributed by atoms with Crippen LogP contribution in [0.15, 0.2) is 30.3 Å². The molecule has 0 heterocycles. The lowest BCUT2D eigenvalue weighted by atomic mass is 10.1. The molecule has 2 heteroatoms. The third-order valence-electron chi connectivity index (χ3n) is 1.96. The maximum Gasteiger partial charge on any atom is 0.213 e. The first kappa shape index (κ1) is 9.93. The second-order valence-corrected chi connectivity index (χ2v) is 3.12. The Morgan fingerprint density at radius 3 is 2.62 bits per heavy atom. The van der Waals surface area contributed by atoms with Gasteiger partial charge in [0, 0.05) is 6.54 Å². The van der Waals surface area contributed by atoms with Gasteiger partial charge in [0.05, 0.1) is 6.54 Å². The minimum Gasteiger partial charge on any atom is -0.298 e. The molecule has 0 bridgehead atoms. The first-order valence-corrected chi connectivity index (χ1v) is 4.40. The minimum atomic E-state index is 0.396. The summed E-state index contributed by atoms with van der Waals surface area (Å²) in [5.41, 5.74) is 1.31. The van der Waals surface area contributed by atoms with Crippen LogP contribution in [0.4, 0.5) is 0 Å². The molecule has 0 aliphatic heterocycles. The van der Waals surface area contributed by atoms with Crippen molar-refractivity contribution in [2.45, 2.75) is 6.42 Å². The van der Waals surface area contributed by atoms with Gasteiger partial charge >= 0.3 is 0 Å². The van der Waals surface area contributed by atoms with Crippen LogP contribution in [0, 0.1) is 0 Å². The molecule has 0 atom stereocenters. The van der Waals surface area contributed by atoms with Gasteiger partial charge in [0.1, 0.15) is 0 Å². The quantitative estimate of drug-likeness (QED) is 0.673. The van der Waals surface area contributed by atoms with Crippen molar-refractivity contribution in [2.75, 3.05) is 20.1 Å². The zero-order chi connectivity index (χ0) is 9.52. The van der Waals surface area contributed by atoms with E-state index in [1.54, 1.807) is 0 Å². The number of benzene rings is 1. The summed E-state index contributed by atoms with van der Waals surface area (Å²) in [6.45, 7) is 1.30. The first-order chi connectivity index (χ1) is 6.33. The molecule has 1 aromatic carbocycles. The third-order valence-corrected chi connectivity index (χ3v) is 1.96. The normalized spacial score (nSPS) is 10.3. The van der Waals surface area contributed by atoms with E-state index in [9.17, 15) is 4.79 Å². The summed E-state index contributed by atoms with van der Waals surface area (Å²) in [5.74, 6) is 0. The molecule has 0 aliphatic carbocycles. The van der Waals surface area contributed by atoms with Crippen LogP contribution in [-0.4, -0.2) is 31.3 Å². The van der Waals surface area contributed by atoms with E-state index < -0.39 is 0 Å². The van der Waals surface area contributed by atoms with Crippen LogP contribution < -0.4 is 0 Å². The summed E-state index contributed by atoms with van der Waals surface area (Å²) in [4.78, 5) is 12.0. The predicted octanol–water partition coefficient (Wildman–Crippen LogP) is 1.27. The van der Waals surface area contributed by atoms with Gasteiger partial charge in [-0.05, 0) is 19.0 Å². The van der Waals surface area contributed by atoms with Crippen molar-refractivity contribution >= 4 is 6.29 Å². The lowest BCUT2D eigenvalue weighted by molar-refractivity contribution is 0.376. The summed E-state index contributed by atoms with van der Waals surface area (Å²) >= 11 is 0. The van der Waals surface area contributed by atoms with Gasteiger partial charge in [0.15, 0.2) is 0 Å². The summed E-state index contributed by atoms with van der Waals surface area (Å²) in [5, 5.41) is 0. The zero-order valence-corrected chi connectivity index (χ0v) is 7.86. The Labute approximate surface area is 79.2 Å². The Hall–Kier alpha value is -1.15. The van der Waals surface area contributed by atoms with Crippen LogP contribution in [0.2, 0.25) is 0 Å². The number of nitrogens with zero attached hydrogens (tertiary/aromatic N) is 1. The third kappa shape index (κ3) is 3.85. The molecule has 0 fully saturated rings. The van der Waals surface area contributed by atoms with Gasteiger partial charge in [0.2, 0.25) is 6.29 Å². The fraction of sp³-hybridized carbons (Fsp3) is 0.364. The van der Waals surface area contributed by atoms with E-state index in [1.165, 1.54) is 5.56 Å². The van der Waals surface area contributed by atoms with Crippen LogP contribution >= 0.6 is 0 Å². The Bertz CT molecular complexity index is 246. The van der Waals surface area contributed by atoms with Crippen LogP contribution in [0.1, 0.15) is 5.56 Å². The lowest BCUT2D eigenvalue weighted by Crippen LogP contribution is -2.23. The molecule has 0 unspecified atom stereocenters. The summed E-state index contributed by atoms with van der Waals surface area (Å²) in [7, 11) is 1.92. The van der Waals surface area contributed by atoms with Crippen molar-refractivity contribution in [3.8, 4) is 0 Å². The maximum absolute atomic E-state index is 10.1. The number of carbonyl (C=O) groups excluding carboxylic acids is 1. The van der Waals surface area contributed by atoms with Gasteiger partial charge in [-0.2, -0.15) is 0 Å². The maximum atomic E-state index is 10.1. The molecule has 0 N–H and O–H groups in total. The molecular formula is C11H14NO. The topological polar surface area (TPSA) is 20.3 Å². The number of rotatable bonds is 5. The lowest BCUT2D eigenvalue weighted by Gasteiger charge is -2.11. The average Bonchev–Trinajstić information content (AvgIpc) is 2.17. The van der Waals surface area contributed by atoms with Crippen molar-refractivity contribution < 1.29 is 4.79 Å². The molecule has 13 heavy (non-hydrogen) atoms. The van der Waals surface area contributed by atoms with Gasteiger partial charge in [0.25, 0.3) is 0 Å². The highest BCUT2D eigenvalue weighted by molar-refractivity contribution is 5.52. The van der Waals surface area contributed by atoms with Crippen molar-refractivity contribution in [3.05, 3.63) is 35.9 Å². The highest BCUT2D eigenvalue weighted by Crippen LogP contribution is 1.99. The van der Waals surface area contributed by atoms with Gasteiger partial charge < -0.3 is 0 Å². The molecule has 1 aromatic rings. The highest BCUT2D eigenvalue weighted by atomic mass is 16.1. The van der Waals surface area contributed by atoms with Crippen molar-refractivity contribution in [1.29, 1.82) is 0 Å². The smallest absolute Gasteiger partial charge is 0.213 e. The molecule has 0 saturated carbocycles. The second kappa shape index (κ2) is 5.49. The average molecular weight is 176 g/mol. The number of likely N-dealkylation sites (N-methyl/N-ethyl adjacent to an activating group) is 1. The van der Waals surface area contributed by atoms with Crippen LogP contribution in [0.3, 0.4) is 0 Å². The molecule has 0 amide bonds. The van der Waals surface area contributed by atoms with Gasteiger partial charge in [-0.25, -0.2) is 0 Å². The number of hydrogen-bond acceptors (Lipinski definition) is 2. The standard InChI is InChI=1S/C11H14NO/c1-12(9-10-13)8-7-11-5-3-2-4-6-11/h2-6H,7-9H2,1H3. The zero-order valence-electron chi connectivity index (χ0n) is 7.86. The van der Waals surface area contributed by atoms with Crippen LogP contribution in [0.25, 0.3) is 0 Å². The van der Waals surface area contributed by atoms with Gasteiger partial charge in [-0.1, -0.05) is 30.3 Å².